The quantitative estimate of drug-likeness (QED) is 0.713. The second-order valence-corrected chi connectivity index (χ2v) is 5.62. The molecule has 0 radical (unpaired) electrons. The Kier molecular flexibility index (Phi) is 2.23. The van der Waals surface area contributed by atoms with Crippen LogP contribution >= 0.6 is 11.6 Å². The van der Waals surface area contributed by atoms with E-state index in [9.17, 15) is 0 Å². The van der Waals surface area contributed by atoms with Gasteiger partial charge in [0.05, 0.1) is 12.0 Å². The molecule has 0 N–H and O–H groups in total. The molecule has 1 aromatic carbocycles. The summed E-state index contributed by atoms with van der Waals surface area (Å²) in [5, 5.41) is 9.93. The van der Waals surface area contributed by atoms with Crippen molar-refractivity contribution in [3.63, 3.8) is 0 Å². The Morgan fingerprint density at radius 1 is 1.25 bits per heavy atom. The topological polar surface area (TPSA) is 23.8 Å². The number of benzene rings is 1. The third-order valence-electron chi connectivity index (χ3n) is 4.43. The van der Waals surface area contributed by atoms with Crippen LogP contribution in [-0.2, 0) is 0 Å². The SMILES string of the molecule is N#CC1CC2(CCC2)C1c1ccc(Cl)cc1. The van der Waals surface area contributed by atoms with E-state index in [1.54, 1.807) is 0 Å². The first kappa shape index (κ1) is 10.2. The van der Waals surface area contributed by atoms with Gasteiger partial charge in [-0.25, -0.2) is 0 Å². The van der Waals surface area contributed by atoms with E-state index in [1.165, 1.54) is 24.8 Å². The Labute approximate surface area is 101 Å². The van der Waals surface area contributed by atoms with E-state index in [2.05, 4.69) is 18.2 Å². The zero-order valence-electron chi connectivity index (χ0n) is 9.12. The number of nitrogens with zero attached hydrogens (tertiary/aromatic N) is 1. The number of halogens is 1. The predicted octanol–water partition coefficient (Wildman–Crippen LogP) is 4.14. The highest BCUT2D eigenvalue weighted by Crippen LogP contribution is 2.66. The van der Waals surface area contributed by atoms with Gasteiger partial charge in [0.2, 0.25) is 0 Å². The fraction of sp³-hybridized carbons (Fsp3) is 0.500. The molecule has 0 aliphatic heterocycles. The highest BCUT2D eigenvalue weighted by atomic mass is 35.5. The van der Waals surface area contributed by atoms with Gasteiger partial charge in [0, 0.05) is 10.9 Å². The molecule has 0 heterocycles. The van der Waals surface area contributed by atoms with E-state index in [4.69, 9.17) is 16.9 Å². The largest absolute Gasteiger partial charge is 0.198 e. The Balaban J connectivity index is 1.91. The summed E-state index contributed by atoms with van der Waals surface area (Å²) < 4.78 is 0. The number of hydrogen-bond acceptors (Lipinski definition) is 1. The molecule has 0 aromatic heterocycles. The van der Waals surface area contributed by atoms with Crippen molar-refractivity contribution >= 4 is 11.6 Å². The van der Waals surface area contributed by atoms with Gasteiger partial charge in [-0.15, -0.1) is 0 Å². The smallest absolute Gasteiger partial charge is 0.0662 e. The molecular weight excluding hydrogens is 218 g/mol. The zero-order chi connectivity index (χ0) is 11.2. The van der Waals surface area contributed by atoms with Crippen LogP contribution in [0.4, 0.5) is 0 Å². The van der Waals surface area contributed by atoms with E-state index < -0.39 is 0 Å². The lowest BCUT2D eigenvalue weighted by molar-refractivity contribution is -0.0353. The van der Waals surface area contributed by atoms with Crippen molar-refractivity contribution < 1.29 is 0 Å². The van der Waals surface area contributed by atoms with E-state index in [1.807, 2.05) is 12.1 Å². The molecule has 1 aromatic rings. The Bertz CT molecular complexity index is 439. The summed E-state index contributed by atoms with van der Waals surface area (Å²) >= 11 is 5.90. The third kappa shape index (κ3) is 1.30. The minimum absolute atomic E-state index is 0.224. The molecule has 0 saturated heterocycles. The summed E-state index contributed by atoms with van der Waals surface area (Å²) in [5.41, 5.74) is 1.77. The van der Waals surface area contributed by atoms with Crippen LogP contribution in [0, 0.1) is 22.7 Å². The fourth-order valence-corrected chi connectivity index (χ4v) is 3.60. The van der Waals surface area contributed by atoms with Crippen LogP contribution in [0.3, 0.4) is 0 Å². The van der Waals surface area contributed by atoms with Crippen molar-refractivity contribution in [1.29, 1.82) is 5.26 Å². The van der Waals surface area contributed by atoms with Crippen LogP contribution in [0.2, 0.25) is 5.02 Å². The van der Waals surface area contributed by atoms with Crippen molar-refractivity contribution in [2.75, 3.05) is 0 Å². The molecule has 2 unspecified atom stereocenters. The first-order valence-electron chi connectivity index (χ1n) is 5.90. The predicted molar refractivity (Wildman–Crippen MR) is 64.2 cm³/mol. The van der Waals surface area contributed by atoms with Crippen LogP contribution < -0.4 is 0 Å². The van der Waals surface area contributed by atoms with Crippen molar-refractivity contribution in [2.45, 2.75) is 31.6 Å². The summed E-state index contributed by atoms with van der Waals surface area (Å²) in [6.45, 7) is 0. The van der Waals surface area contributed by atoms with E-state index in [-0.39, 0.29) is 5.92 Å². The summed E-state index contributed by atoms with van der Waals surface area (Å²) in [7, 11) is 0. The highest BCUT2D eigenvalue weighted by molar-refractivity contribution is 6.30. The van der Waals surface area contributed by atoms with Crippen LogP contribution in [0.25, 0.3) is 0 Å². The van der Waals surface area contributed by atoms with Crippen LogP contribution in [-0.4, -0.2) is 0 Å². The minimum Gasteiger partial charge on any atom is -0.198 e. The summed E-state index contributed by atoms with van der Waals surface area (Å²) in [4.78, 5) is 0. The molecule has 2 fully saturated rings. The van der Waals surface area contributed by atoms with Crippen molar-refractivity contribution in [1.82, 2.24) is 0 Å². The maximum absolute atomic E-state index is 9.15. The molecule has 3 rings (SSSR count). The molecule has 0 bridgehead atoms. The monoisotopic (exact) mass is 231 g/mol. The van der Waals surface area contributed by atoms with E-state index >= 15 is 0 Å². The average Bonchev–Trinajstić information content (AvgIpc) is 2.18. The third-order valence-corrected chi connectivity index (χ3v) is 4.68. The van der Waals surface area contributed by atoms with Gasteiger partial charge in [0.1, 0.15) is 0 Å². The molecule has 1 spiro atoms. The highest BCUT2D eigenvalue weighted by Gasteiger charge is 2.57. The molecule has 2 heteroatoms. The summed E-state index contributed by atoms with van der Waals surface area (Å²) in [5.74, 6) is 0.685. The van der Waals surface area contributed by atoms with Gasteiger partial charge < -0.3 is 0 Å². The Morgan fingerprint density at radius 3 is 2.44 bits per heavy atom. The van der Waals surface area contributed by atoms with E-state index in [0.29, 0.717) is 11.3 Å². The summed E-state index contributed by atoms with van der Waals surface area (Å²) in [6.07, 6.45) is 5.05. The van der Waals surface area contributed by atoms with Crippen molar-refractivity contribution in [2.24, 2.45) is 11.3 Å². The maximum Gasteiger partial charge on any atom is 0.0662 e. The van der Waals surface area contributed by atoms with Crippen molar-refractivity contribution in [3.05, 3.63) is 34.9 Å². The first-order chi connectivity index (χ1) is 7.75. The first-order valence-corrected chi connectivity index (χ1v) is 6.28. The zero-order valence-corrected chi connectivity index (χ0v) is 9.87. The normalized spacial score (nSPS) is 30.2. The van der Waals surface area contributed by atoms with Gasteiger partial charge >= 0.3 is 0 Å². The molecule has 82 valence electrons. The lowest BCUT2D eigenvalue weighted by Crippen LogP contribution is -2.49. The lowest BCUT2D eigenvalue weighted by Gasteiger charge is -2.59. The molecule has 2 aliphatic rings. The molecule has 16 heavy (non-hydrogen) atoms. The van der Waals surface area contributed by atoms with Gasteiger partial charge in [0.15, 0.2) is 0 Å². The fourth-order valence-electron chi connectivity index (χ4n) is 3.47. The van der Waals surface area contributed by atoms with Gasteiger partial charge in [-0.05, 0) is 42.4 Å². The molecular formula is C14H14ClN. The molecule has 2 atom stereocenters. The van der Waals surface area contributed by atoms with Gasteiger partial charge in [0.25, 0.3) is 0 Å². The number of rotatable bonds is 1. The number of hydrogen-bond donors (Lipinski definition) is 0. The lowest BCUT2D eigenvalue weighted by atomic mass is 9.44. The number of nitriles is 1. The van der Waals surface area contributed by atoms with Crippen LogP contribution in [0.1, 0.15) is 37.2 Å². The summed E-state index contributed by atoms with van der Waals surface area (Å²) in [6, 6.07) is 10.5. The second kappa shape index (κ2) is 3.50. The van der Waals surface area contributed by atoms with Crippen LogP contribution in [0.5, 0.6) is 0 Å². The van der Waals surface area contributed by atoms with Gasteiger partial charge in [-0.3, -0.25) is 0 Å². The minimum atomic E-state index is 0.224. The second-order valence-electron chi connectivity index (χ2n) is 5.18. The standard InChI is InChI=1S/C14H14ClN/c15-12-4-2-10(3-5-12)13-11(9-16)8-14(13)6-1-7-14/h2-5,11,13H,1,6-8H2. The average molecular weight is 232 g/mol. The van der Waals surface area contributed by atoms with Crippen molar-refractivity contribution in [3.8, 4) is 6.07 Å². The molecule has 2 saturated carbocycles. The van der Waals surface area contributed by atoms with Gasteiger partial charge in [-0.1, -0.05) is 30.2 Å². The molecule has 1 nitrogen and oxygen atoms in total. The maximum atomic E-state index is 9.15. The Morgan fingerprint density at radius 2 is 1.94 bits per heavy atom. The Hall–Kier alpha value is -1.00. The van der Waals surface area contributed by atoms with Crippen LogP contribution in [0.15, 0.2) is 24.3 Å². The van der Waals surface area contributed by atoms with Gasteiger partial charge in [-0.2, -0.15) is 5.26 Å². The molecule has 2 aliphatic carbocycles. The molecule has 0 amide bonds. The van der Waals surface area contributed by atoms with E-state index in [0.717, 1.165) is 11.4 Å².